The maximum absolute atomic E-state index is 8.93. The van der Waals surface area contributed by atoms with Crippen molar-refractivity contribution in [2.24, 2.45) is 0 Å². The van der Waals surface area contributed by atoms with Crippen LogP contribution in [0.3, 0.4) is 0 Å². The van der Waals surface area contributed by atoms with E-state index in [0.29, 0.717) is 0 Å². The van der Waals surface area contributed by atoms with Gasteiger partial charge in [-0.25, -0.2) is 0 Å². The van der Waals surface area contributed by atoms with E-state index >= 15 is 0 Å². The highest BCUT2D eigenvalue weighted by molar-refractivity contribution is 6.52. The number of nitrogen functional groups attached to an aromatic ring is 1. The van der Waals surface area contributed by atoms with E-state index in [1.807, 2.05) is 12.1 Å². The average Bonchev–Trinajstić information content (AvgIpc) is 1.93. The number of rotatable bonds is 2. The maximum atomic E-state index is 8.93. The zero-order valence-electron chi connectivity index (χ0n) is 6.41. The average molecular weight is 150 g/mol. The molecule has 1 aromatic rings. The number of benzene rings is 1. The number of hydrogen-bond acceptors (Lipinski definition) is 3. The Hall–Kier alpha value is -1.16. The predicted octanol–water partition coefficient (Wildman–Crippen LogP) is 0.791. The number of anilines is 2. The fourth-order valence-electron chi connectivity index (χ4n) is 0.821. The van der Waals surface area contributed by atoms with Gasteiger partial charge in [-0.2, -0.15) is 0 Å². The van der Waals surface area contributed by atoms with Crippen molar-refractivity contribution in [1.82, 2.24) is 0 Å². The molecule has 0 aliphatic carbocycles. The quantitative estimate of drug-likeness (QED) is 0.431. The Bertz CT molecular complexity index is 222. The van der Waals surface area contributed by atoms with Crippen LogP contribution in [0.1, 0.15) is 0 Å². The highest BCUT2D eigenvalue weighted by atomic mass is 16.2. The minimum atomic E-state index is -0.529. The summed E-state index contributed by atoms with van der Waals surface area (Å²) in [4.78, 5) is 0. The second-order valence-corrected chi connectivity index (χ2v) is 2.44. The molecule has 0 aromatic heterocycles. The molecule has 1 rings (SSSR count). The van der Waals surface area contributed by atoms with Gasteiger partial charge in [0.05, 0.1) is 0 Å². The van der Waals surface area contributed by atoms with Gasteiger partial charge in [0, 0.05) is 11.4 Å². The van der Waals surface area contributed by atoms with Crippen molar-refractivity contribution in [3.8, 4) is 0 Å². The van der Waals surface area contributed by atoms with E-state index in [9.17, 15) is 0 Å². The molecule has 0 amide bonds. The molecule has 0 unspecified atom stereocenters. The molecule has 58 valence electrons. The van der Waals surface area contributed by atoms with Gasteiger partial charge in [0.2, 0.25) is 0 Å². The third kappa shape index (κ3) is 2.51. The second-order valence-electron chi connectivity index (χ2n) is 2.44. The normalized spacial score (nSPS) is 9.27. The lowest BCUT2D eigenvalue weighted by Gasteiger charge is -2.04. The third-order valence-corrected chi connectivity index (χ3v) is 1.29. The fourth-order valence-corrected chi connectivity index (χ4v) is 0.821. The first kappa shape index (κ1) is 7.95. The lowest BCUT2D eigenvalue weighted by atomic mass is 9.88. The van der Waals surface area contributed by atoms with Gasteiger partial charge in [-0.3, -0.25) is 0 Å². The molecule has 0 saturated carbocycles. The van der Waals surface area contributed by atoms with Gasteiger partial charge in [0.25, 0.3) is 0 Å². The molecule has 3 nitrogen and oxygen atoms in total. The third-order valence-electron chi connectivity index (χ3n) is 1.29. The first-order chi connectivity index (χ1) is 5.18. The molecule has 0 heterocycles. The van der Waals surface area contributed by atoms with Gasteiger partial charge in [-0.05, 0) is 31.1 Å². The van der Waals surface area contributed by atoms with Crippen molar-refractivity contribution in [3.05, 3.63) is 24.3 Å². The van der Waals surface area contributed by atoms with Crippen molar-refractivity contribution >= 4 is 18.4 Å². The fraction of sp³-hybridized carbons (Fsp3) is 0.143. The van der Waals surface area contributed by atoms with E-state index in [-0.39, 0.29) is 0 Å². The van der Waals surface area contributed by atoms with Crippen LogP contribution >= 0.6 is 0 Å². The maximum Gasteiger partial charge on any atom is 0.406 e. The molecule has 0 radical (unpaired) electrons. The monoisotopic (exact) mass is 150 g/mol. The molecule has 0 saturated heterocycles. The highest BCUT2D eigenvalue weighted by Gasteiger charge is 2.00. The molecule has 4 N–H and O–H groups in total. The first-order valence-electron chi connectivity index (χ1n) is 3.48. The van der Waals surface area contributed by atoms with Gasteiger partial charge in [0.15, 0.2) is 0 Å². The molecular weight excluding hydrogens is 139 g/mol. The standard InChI is InChI=1S/C7H11BN2O/c1-8(11)10-7-4-2-6(9)3-5-7/h2-5,10-11H,9H2,1H3. The summed E-state index contributed by atoms with van der Waals surface area (Å²) in [5, 5.41) is 11.8. The lowest BCUT2D eigenvalue weighted by Crippen LogP contribution is -2.19. The summed E-state index contributed by atoms with van der Waals surface area (Å²) in [7, 11) is -0.529. The van der Waals surface area contributed by atoms with Gasteiger partial charge in [-0.1, -0.05) is 0 Å². The Morgan fingerprint density at radius 3 is 2.36 bits per heavy atom. The molecule has 0 aliphatic heterocycles. The van der Waals surface area contributed by atoms with Crippen LogP contribution in [0, 0.1) is 0 Å². The van der Waals surface area contributed by atoms with Crippen LogP contribution in [0.5, 0.6) is 0 Å². The van der Waals surface area contributed by atoms with Crippen LogP contribution in [0.25, 0.3) is 0 Å². The Labute approximate surface area is 66.4 Å². The van der Waals surface area contributed by atoms with E-state index in [4.69, 9.17) is 10.8 Å². The van der Waals surface area contributed by atoms with Crippen molar-refractivity contribution in [1.29, 1.82) is 0 Å². The molecular formula is C7H11BN2O. The summed E-state index contributed by atoms with van der Waals surface area (Å²) >= 11 is 0. The smallest absolute Gasteiger partial charge is 0.406 e. The Kier molecular flexibility index (Phi) is 2.38. The Morgan fingerprint density at radius 1 is 1.36 bits per heavy atom. The number of nitrogens with one attached hydrogen (secondary N) is 1. The van der Waals surface area contributed by atoms with Crippen molar-refractivity contribution in [2.75, 3.05) is 11.0 Å². The van der Waals surface area contributed by atoms with Crippen molar-refractivity contribution in [2.45, 2.75) is 6.82 Å². The summed E-state index contributed by atoms with van der Waals surface area (Å²) in [5.74, 6) is 0. The van der Waals surface area contributed by atoms with Gasteiger partial charge in [-0.15, -0.1) is 0 Å². The summed E-state index contributed by atoms with van der Waals surface area (Å²) in [6.45, 7) is 1.66. The summed E-state index contributed by atoms with van der Waals surface area (Å²) in [6.07, 6.45) is 0. The predicted molar refractivity (Wildman–Crippen MR) is 48.3 cm³/mol. The minimum Gasteiger partial charge on any atom is -0.433 e. The van der Waals surface area contributed by atoms with Crippen molar-refractivity contribution in [3.63, 3.8) is 0 Å². The molecule has 0 bridgehead atoms. The molecule has 0 fully saturated rings. The van der Waals surface area contributed by atoms with Crippen molar-refractivity contribution < 1.29 is 5.02 Å². The van der Waals surface area contributed by atoms with E-state index in [0.717, 1.165) is 11.4 Å². The first-order valence-corrected chi connectivity index (χ1v) is 3.48. The van der Waals surface area contributed by atoms with Crippen LogP contribution in [0.2, 0.25) is 6.82 Å². The summed E-state index contributed by atoms with van der Waals surface area (Å²) < 4.78 is 0. The van der Waals surface area contributed by atoms with E-state index in [1.54, 1.807) is 19.0 Å². The summed E-state index contributed by atoms with van der Waals surface area (Å²) in [6, 6.07) is 7.21. The van der Waals surface area contributed by atoms with E-state index in [2.05, 4.69) is 5.23 Å². The van der Waals surface area contributed by atoms with E-state index < -0.39 is 7.05 Å². The molecule has 11 heavy (non-hydrogen) atoms. The Morgan fingerprint density at radius 2 is 1.91 bits per heavy atom. The van der Waals surface area contributed by atoms with Gasteiger partial charge in [0.1, 0.15) is 0 Å². The van der Waals surface area contributed by atoms with Crippen LogP contribution in [-0.2, 0) is 0 Å². The number of hydrogen-bond donors (Lipinski definition) is 3. The zero-order valence-corrected chi connectivity index (χ0v) is 6.41. The van der Waals surface area contributed by atoms with Crippen LogP contribution < -0.4 is 11.0 Å². The topological polar surface area (TPSA) is 58.3 Å². The molecule has 4 heteroatoms. The summed E-state index contributed by atoms with van der Waals surface area (Å²) in [5.41, 5.74) is 7.06. The van der Waals surface area contributed by atoms with Crippen LogP contribution in [0.4, 0.5) is 11.4 Å². The SMILES string of the molecule is CB(O)Nc1ccc(N)cc1. The highest BCUT2D eigenvalue weighted by Crippen LogP contribution is 2.09. The van der Waals surface area contributed by atoms with Gasteiger partial charge < -0.3 is 16.0 Å². The van der Waals surface area contributed by atoms with E-state index in [1.165, 1.54) is 0 Å². The second kappa shape index (κ2) is 3.30. The zero-order chi connectivity index (χ0) is 8.27. The lowest BCUT2D eigenvalue weighted by molar-refractivity contribution is 0.587. The van der Waals surface area contributed by atoms with Gasteiger partial charge >= 0.3 is 7.05 Å². The molecule has 0 spiro atoms. The molecule has 0 aliphatic rings. The molecule has 1 aromatic carbocycles. The molecule has 0 atom stereocenters. The minimum absolute atomic E-state index is 0.529. The Balaban J connectivity index is 2.66. The van der Waals surface area contributed by atoms with Crippen LogP contribution in [-0.4, -0.2) is 12.1 Å². The van der Waals surface area contributed by atoms with Crippen LogP contribution in [0.15, 0.2) is 24.3 Å². The number of nitrogens with two attached hydrogens (primary N) is 1. The largest absolute Gasteiger partial charge is 0.433 e.